The molecule has 1 aliphatic rings. The van der Waals surface area contributed by atoms with E-state index in [1.807, 2.05) is 0 Å². The number of amides is 1. The minimum absolute atomic E-state index is 0.0501. The summed E-state index contributed by atoms with van der Waals surface area (Å²) in [5, 5.41) is 0. The smallest absolute Gasteiger partial charge is 0.426 e. The third-order valence-corrected chi connectivity index (χ3v) is 4.19. The van der Waals surface area contributed by atoms with Gasteiger partial charge in [-0.2, -0.15) is 21.6 Å². The van der Waals surface area contributed by atoms with Crippen molar-refractivity contribution in [2.75, 3.05) is 18.8 Å². The summed E-state index contributed by atoms with van der Waals surface area (Å²) in [5.41, 5.74) is -0.706. The molecule has 8 nitrogen and oxygen atoms in total. The van der Waals surface area contributed by atoms with E-state index in [2.05, 4.69) is 4.74 Å². The predicted octanol–water partition coefficient (Wildman–Crippen LogP) is 2.00. The normalized spacial score (nSPS) is 18.3. The fraction of sp³-hybridized carbons (Fsp3) is 0.857. The molecule has 1 heterocycles. The summed E-state index contributed by atoms with van der Waals surface area (Å²) >= 11 is 0. The molecule has 1 aliphatic heterocycles. The first kappa shape index (κ1) is 22.5. The Morgan fingerprint density at radius 1 is 1.19 bits per heavy atom. The predicted molar refractivity (Wildman–Crippen MR) is 82.9 cm³/mol. The summed E-state index contributed by atoms with van der Waals surface area (Å²) < 4.78 is 77.7. The number of alkyl halides is 3. The lowest BCUT2D eigenvalue weighted by molar-refractivity contribution is -0.218. The highest BCUT2D eigenvalue weighted by atomic mass is 32.2. The number of hydrogen-bond acceptors (Lipinski definition) is 6. The highest BCUT2D eigenvalue weighted by Crippen LogP contribution is 2.27. The second-order valence-electron chi connectivity index (χ2n) is 6.96. The lowest BCUT2D eigenvalue weighted by Crippen LogP contribution is -2.45. The fourth-order valence-electron chi connectivity index (χ4n) is 2.25. The lowest BCUT2D eigenvalue weighted by atomic mass is 9.97. The maximum atomic E-state index is 12.8. The summed E-state index contributed by atoms with van der Waals surface area (Å²) in [5.74, 6) is -3.90. The Morgan fingerprint density at radius 3 is 2.08 bits per heavy atom. The Bertz CT molecular complexity index is 619. The van der Waals surface area contributed by atoms with E-state index in [1.165, 1.54) is 4.90 Å². The van der Waals surface area contributed by atoms with Crippen molar-refractivity contribution in [3.63, 3.8) is 0 Å². The van der Waals surface area contributed by atoms with Crippen LogP contribution in [0.3, 0.4) is 0 Å². The number of nitrogens with zero attached hydrogens (tertiary/aromatic N) is 1. The molecule has 0 aromatic carbocycles. The van der Waals surface area contributed by atoms with Gasteiger partial charge >= 0.3 is 18.2 Å². The first-order valence-electron chi connectivity index (χ1n) is 7.79. The summed E-state index contributed by atoms with van der Waals surface area (Å²) in [6.45, 7) is 5.22. The molecule has 26 heavy (non-hydrogen) atoms. The quantitative estimate of drug-likeness (QED) is 0.563. The highest BCUT2D eigenvalue weighted by molar-refractivity contribution is 7.85. The average Bonchev–Trinajstić information content (AvgIpc) is 2.42. The van der Waals surface area contributed by atoms with Gasteiger partial charge in [-0.15, -0.1) is 0 Å². The Morgan fingerprint density at radius 2 is 1.69 bits per heavy atom. The van der Waals surface area contributed by atoms with Crippen molar-refractivity contribution in [1.29, 1.82) is 0 Å². The molecule has 0 aliphatic carbocycles. The molecule has 0 spiro atoms. The van der Waals surface area contributed by atoms with Gasteiger partial charge in [0.05, 0.1) is 5.92 Å². The minimum atomic E-state index is -5.14. The number of esters is 1. The zero-order valence-corrected chi connectivity index (χ0v) is 15.4. The standard InChI is InChI=1S/C14H22F3NO7S/c1-13(2,3)25-12(20)18-6-4-9(5-7-18)11(19)24-10(14(15,16)17)8-26(21,22)23/h9-10H,4-8H2,1-3H3,(H,21,22,23). The van der Waals surface area contributed by atoms with Crippen molar-refractivity contribution in [3.8, 4) is 0 Å². The van der Waals surface area contributed by atoms with Crippen LogP contribution >= 0.6 is 0 Å². The van der Waals surface area contributed by atoms with Gasteiger partial charge < -0.3 is 14.4 Å². The summed E-state index contributed by atoms with van der Waals surface area (Å²) in [7, 11) is -4.99. The van der Waals surface area contributed by atoms with Crippen molar-refractivity contribution in [2.45, 2.75) is 51.5 Å². The molecule has 1 fully saturated rings. The summed E-state index contributed by atoms with van der Waals surface area (Å²) in [6, 6.07) is 0. The van der Waals surface area contributed by atoms with Crippen LogP contribution < -0.4 is 0 Å². The highest BCUT2D eigenvalue weighted by Gasteiger charge is 2.46. The van der Waals surface area contributed by atoms with Gasteiger partial charge in [0, 0.05) is 13.1 Å². The van der Waals surface area contributed by atoms with Gasteiger partial charge in [0.25, 0.3) is 10.1 Å². The van der Waals surface area contributed by atoms with E-state index in [0.29, 0.717) is 0 Å². The molecule has 1 unspecified atom stereocenters. The van der Waals surface area contributed by atoms with Crippen LogP contribution in [0.2, 0.25) is 0 Å². The van der Waals surface area contributed by atoms with E-state index in [9.17, 15) is 31.2 Å². The molecular weight excluding hydrogens is 383 g/mol. The minimum Gasteiger partial charge on any atom is -0.451 e. The van der Waals surface area contributed by atoms with Crippen LogP contribution in [-0.4, -0.2) is 66.7 Å². The van der Waals surface area contributed by atoms with Gasteiger partial charge in [0.15, 0.2) is 0 Å². The molecule has 12 heteroatoms. The molecule has 0 aromatic heterocycles. The first-order chi connectivity index (χ1) is 11.6. The maximum absolute atomic E-state index is 12.8. The molecule has 1 atom stereocenters. The van der Waals surface area contributed by atoms with E-state index in [0.717, 1.165) is 0 Å². The number of ether oxygens (including phenoxy) is 2. The van der Waals surface area contributed by atoms with Crippen LogP contribution in [-0.2, 0) is 24.4 Å². The van der Waals surface area contributed by atoms with Crippen molar-refractivity contribution in [2.24, 2.45) is 5.92 Å². The SMILES string of the molecule is CC(C)(C)OC(=O)N1CCC(C(=O)OC(CS(=O)(=O)O)C(F)(F)F)CC1. The molecular formula is C14H22F3NO7S. The monoisotopic (exact) mass is 405 g/mol. The zero-order valence-electron chi connectivity index (χ0n) is 14.6. The second-order valence-corrected chi connectivity index (χ2v) is 8.45. The zero-order chi connectivity index (χ0) is 20.3. The van der Waals surface area contributed by atoms with Crippen LogP contribution in [0.1, 0.15) is 33.6 Å². The Hall–Kier alpha value is -1.56. The second kappa shape index (κ2) is 7.99. The molecule has 0 aromatic rings. The molecule has 1 rings (SSSR count). The lowest BCUT2D eigenvalue weighted by Gasteiger charge is -2.33. The van der Waals surface area contributed by atoms with Crippen LogP contribution in [0.5, 0.6) is 0 Å². The number of hydrogen-bond donors (Lipinski definition) is 1. The van der Waals surface area contributed by atoms with Gasteiger partial charge in [0.2, 0.25) is 6.10 Å². The van der Waals surface area contributed by atoms with Crippen LogP contribution in [0.4, 0.5) is 18.0 Å². The molecule has 1 N–H and O–H groups in total. The molecule has 0 bridgehead atoms. The number of carbonyl (C=O) groups excluding carboxylic acids is 2. The van der Waals surface area contributed by atoms with E-state index < -0.39 is 51.7 Å². The van der Waals surface area contributed by atoms with Crippen molar-refractivity contribution < 1.29 is 45.2 Å². The average molecular weight is 405 g/mol. The van der Waals surface area contributed by atoms with Gasteiger partial charge in [0.1, 0.15) is 11.4 Å². The molecule has 1 saturated heterocycles. The first-order valence-corrected chi connectivity index (χ1v) is 9.40. The summed E-state index contributed by atoms with van der Waals surface area (Å²) in [4.78, 5) is 25.1. The molecule has 0 saturated carbocycles. The van der Waals surface area contributed by atoms with Crippen molar-refractivity contribution in [1.82, 2.24) is 4.90 Å². The van der Waals surface area contributed by atoms with E-state index in [4.69, 9.17) is 9.29 Å². The number of piperidine rings is 1. The van der Waals surface area contributed by atoms with Crippen LogP contribution in [0.25, 0.3) is 0 Å². The third kappa shape index (κ3) is 7.77. The van der Waals surface area contributed by atoms with Gasteiger partial charge in [-0.3, -0.25) is 9.35 Å². The topological polar surface area (TPSA) is 110 Å². The van der Waals surface area contributed by atoms with E-state index >= 15 is 0 Å². The molecule has 1 amide bonds. The van der Waals surface area contributed by atoms with E-state index in [1.54, 1.807) is 20.8 Å². The Labute approximate surface area is 149 Å². The van der Waals surface area contributed by atoms with Gasteiger partial charge in [-0.1, -0.05) is 0 Å². The Balaban J connectivity index is 2.63. The van der Waals surface area contributed by atoms with E-state index in [-0.39, 0.29) is 25.9 Å². The maximum Gasteiger partial charge on any atom is 0.426 e. The number of rotatable bonds is 4. The Kier molecular flexibility index (Phi) is 6.91. The van der Waals surface area contributed by atoms with Crippen LogP contribution in [0, 0.1) is 5.92 Å². The fourth-order valence-corrected chi connectivity index (χ4v) is 2.89. The van der Waals surface area contributed by atoms with Gasteiger partial charge in [-0.05, 0) is 33.6 Å². The summed E-state index contributed by atoms with van der Waals surface area (Å²) in [6.07, 6.45) is -8.58. The van der Waals surface area contributed by atoms with Crippen LogP contribution in [0.15, 0.2) is 0 Å². The largest absolute Gasteiger partial charge is 0.451 e. The number of likely N-dealkylation sites (tertiary alicyclic amines) is 1. The molecule has 0 radical (unpaired) electrons. The molecule has 152 valence electrons. The number of carbonyl (C=O) groups is 2. The van der Waals surface area contributed by atoms with Crippen molar-refractivity contribution >= 4 is 22.2 Å². The third-order valence-electron chi connectivity index (χ3n) is 3.47. The van der Waals surface area contributed by atoms with Crippen molar-refractivity contribution in [3.05, 3.63) is 0 Å². The van der Waals surface area contributed by atoms with Gasteiger partial charge in [-0.25, -0.2) is 4.79 Å². The number of halogens is 3.